The lowest BCUT2D eigenvalue weighted by Crippen LogP contribution is -2.49. The van der Waals surface area contributed by atoms with Gasteiger partial charge in [0.2, 0.25) is 5.91 Å². The summed E-state index contributed by atoms with van der Waals surface area (Å²) < 4.78 is 38.2. The van der Waals surface area contributed by atoms with E-state index in [2.05, 4.69) is 5.32 Å². The molecule has 0 saturated carbocycles. The van der Waals surface area contributed by atoms with Crippen LogP contribution in [-0.2, 0) is 23.9 Å². The normalized spacial score (nSPS) is 22.3. The van der Waals surface area contributed by atoms with E-state index in [1.807, 2.05) is 0 Å². The third-order valence-corrected chi connectivity index (χ3v) is 4.47. The highest BCUT2D eigenvalue weighted by Gasteiger charge is 2.33. The van der Waals surface area contributed by atoms with E-state index in [0.29, 0.717) is 25.1 Å². The van der Waals surface area contributed by atoms with Crippen molar-refractivity contribution in [2.24, 2.45) is 0 Å². The summed E-state index contributed by atoms with van der Waals surface area (Å²) in [6, 6.07) is 3.69. The summed E-state index contributed by atoms with van der Waals surface area (Å²) >= 11 is 0. The van der Waals surface area contributed by atoms with Gasteiger partial charge < -0.3 is 10.2 Å². The lowest BCUT2D eigenvalue weighted by atomic mass is 9.95. The fourth-order valence-corrected chi connectivity index (χ4v) is 3.20. The second-order valence-corrected chi connectivity index (χ2v) is 5.99. The van der Waals surface area contributed by atoms with E-state index in [0.717, 1.165) is 37.4 Å². The number of alkyl halides is 3. The van der Waals surface area contributed by atoms with Crippen LogP contribution in [0.1, 0.15) is 36.0 Å². The molecule has 1 fully saturated rings. The molecule has 1 N–H and O–H groups in total. The first kappa shape index (κ1) is 15.3. The summed E-state index contributed by atoms with van der Waals surface area (Å²) in [7, 11) is 0. The van der Waals surface area contributed by atoms with Crippen LogP contribution in [0.2, 0.25) is 0 Å². The fraction of sp³-hybridized carbons (Fsp3) is 0.562. The number of hydrogen-bond donors (Lipinski definition) is 1. The van der Waals surface area contributed by atoms with Crippen LogP contribution < -0.4 is 5.32 Å². The summed E-state index contributed by atoms with van der Waals surface area (Å²) in [6.07, 6.45) is -0.851. The Labute approximate surface area is 127 Å². The number of nitrogens with zero attached hydrogens (tertiary/aromatic N) is 1. The van der Waals surface area contributed by atoms with Crippen molar-refractivity contribution in [3.05, 3.63) is 34.9 Å². The van der Waals surface area contributed by atoms with Crippen LogP contribution in [0, 0.1) is 0 Å². The molecule has 1 atom stereocenters. The summed E-state index contributed by atoms with van der Waals surface area (Å²) in [6.45, 7) is 1.76. The molecular formula is C16H19F3N2O. The molecule has 2 aliphatic heterocycles. The van der Waals surface area contributed by atoms with E-state index in [-0.39, 0.29) is 11.9 Å². The zero-order valence-corrected chi connectivity index (χ0v) is 12.2. The van der Waals surface area contributed by atoms with E-state index in [9.17, 15) is 18.0 Å². The van der Waals surface area contributed by atoms with Crippen LogP contribution in [0.15, 0.2) is 18.2 Å². The number of fused-ring (bicyclic) bond motifs is 1. The highest BCUT2D eigenvalue weighted by Crippen LogP contribution is 2.32. The van der Waals surface area contributed by atoms with Crippen LogP contribution in [0.4, 0.5) is 13.2 Å². The van der Waals surface area contributed by atoms with Crippen molar-refractivity contribution < 1.29 is 18.0 Å². The van der Waals surface area contributed by atoms with Crippen LogP contribution in [0.25, 0.3) is 0 Å². The summed E-state index contributed by atoms with van der Waals surface area (Å²) in [5, 5.41) is 3.23. The number of carbonyl (C=O) groups excluding carboxylic acids is 1. The van der Waals surface area contributed by atoms with Gasteiger partial charge in [-0.05, 0) is 49.1 Å². The first-order valence-corrected chi connectivity index (χ1v) is 7.66. The van der Waals surface area contributed by atoms with Crippen molar-refractivity contribution in [2.45, 2.75) is 44.4 Å². The number of rotatable bonds is 1. The molecule has 22 heavy (non-hydrogen) atoms. The molecule has 0 aliphatic carbocycles. The molecule has 1 aromatic carbocycles. The van der Waals surface area contributed by atoms with E-state index in [4.69, 9.17) is 0 Å². The first-order chi connectivity index (χ1) is 10.4. The van der Waals surface area contributed by atoms with E-state index < -0.39 is 11.7 Å². The number of nitrogens with one attached hydrogen (secondary N) is 1. The smallest absolute Gasteiger partial charge is 0.337 e. The van der Waals surface area contributed by atoms with Gasteiger partial charge >= 0.3 is 6.18 Å². The lowest BCUT2D eigenvalue weighted by molar-refractivity contribution is -0.138. The van der Waals surface area contributed by atoms with E-state index >= 15 is 0 Å². The van der Waals surface area contributed by atoms with Crippen molar-refractivity contribution in [3.63, 3.8) is 0 Å². The van der Waals surface area contributed by atoms with Gasteiger partial charge in [0.25, 0.3) is 0 Å². The Morgan fingerprint density at radius 3 is 2.73 bits per heavy atom. The van der Waals surface area contributed by atoms with Crippen molar-refractivity contribution in [3.8, 4) is 0 Å². The summed E-state index contributed by atoms with van der Waals surface area (Å²) in [5.74, 6) is 0.0743. The highest BCUT2D eigenvalue weighted by atomic mass is 19.4. The maximum Gasteiger partial charge on any atom is 0.416 e. The van der Waals surface area contributed by atoms with Crippen molar-refractivity contribution >= 4 is 5.91 Å². The third kappa shape index (κ3) is 3.11. The topological polar surface area (TPSA) is 32.3 Å². The zero-order chi connectivity index (χ0) is 15.7. The predicted octanol–water partition coefficient (Wildman–Crippen LogP) is 2.73. The van der Waals surface area contributed by atoms with Crippen LogP contribution >= 0.6 is 0 Å². The number of piperidine rings is 1. The predicted molar refractivity (Wildman–Crippen MR) is 76.2 cm³/mol. The van der Waals surface area contributed by atoms with Gasteiger partial charge in [-0.25, -0.2) is 0 Å². The summed E-state index contributed by atoms with van der Waals surface area (Å²) in [4.78, 5) is 14.2. The first-order valence-electron chi connectivity index (χ1n) is 7.66. The Kier molecular flexibility index (Phi) is 4.12. The number of carbonyl (C=O) groups is 1. The molecule has 6 heteroatoms. The molecule has 0 aromatic heterocycles. The van der Waals surface area contributed by atoms with Crippen molar-refractivity contribution in [1.82, 2.24) is 10.2 Å². The Hall–Kier alpha value is -1.56. The van der Waals surface area contributed by atoms with Gasteiger partial charge in [-0.1, -0.05) is 12.5 Å². The minimum Gasteiger partial charge on any atom is -0.337 e. The Morgan fingerprint density at radius 2 is 2.05 bits per heavy atom. The van der Waals surface area contributed by atoms with Gasteiger partial charge in [0.05, 0.1) is 11.6 Å². The fourth-order valence-electron chi connectivity index (χ4n) is 3.20. The molecular weight excluding hydrogens is 293 g/mol. The molecule has 0 spiro atoms. The molecule has 2 heterocycles. The van der Waals surface area contributed by atoms with Crippen molar-refractivity contribution in [2.75, 3.05) is 13.1 Å². The van der Waals surface area contributed by atoms with Gasteiger partial charge in [-0.3, -0.25) is 4.79 Å². The van der Waals surface area contributed by atoms with Gasteiger partial charge in [-0.2, -0.15) is 13.2 Å². The Balaban J connectivity index is 1.72. The molecule has 1 saturated heterocycles. The number of amides is 1. The molecule has 3 nitrogen and oxygen atoms in total. The molecule has 0 radical (unpaired) electrons. The lowest BCUT2D eigenvalue weighted by Gasteiger charge is -2.33. The molecule has 2 aliphatic rings. The Morgan fingerprint density at radius 1 is 1.23 bits per heavy atom. The van der Waals surface area contributed by atoms with Gasteiger partial charge in [0, 0.05) is 13.1 Å². The minimum atomic E-state index is -4.31. The highest BCUT2D eigenvalue weighted by molar-refractivity contribution is 5.82. The average Bonchev–Trinajstić information content (AvgIpc) is 2.53. The number of halogens is 3. The quantitative estimate of drug-likeness (QED) is 0.865. The molecule has 0 unspecified atom stereocenters. The second kappa shape index (κ2) is 5.91. The molecule has 1 amide bonds. The number of benzene rings is 1. The van der Waals surface area contributed by atoms with Crippen LogP contribution in [0.3, 0.4) is 0 Å². The standard InChI is InChI=1S/C16H19F3N2O/c17-16(18,19)13-5-4-12-10-21(8-6-11(12)9-13)15(22)14-3-1-2-7-20-14/h4-5,9,14,20H,1-3,6-8,10H2/t14-/m1/s1. The summed E-state index contributed by atoms with van der Waals surface area (Å²) in [5.41, 5.74) is 0.916. The van der Waals surface area contributed by atoms with Crippen molar-refractivity contribution in [1.29, 1.82) is 0 Å². The molecule has 0 bridgehead atoms. The minimum absolute atomic E-state index is 0.0743. The third-order valence-electron chi connectivity index (χ3n) is 4.47. The van der Waals surface area contributed by atoms with E-state index in [1.165, 1.54) is 12.1 Å². The average molecular weight is 312 g/mol. The monoisotopic (exact) mass is 312 g/mol. The maximum absolute atomic E-state index is 12.7. The molecule has 120 valence electrons. The maximum atomic E-state index is 12.7. The van der Waals surface area contributed by atoms with Crippen LogP contribution in [0.5, 0.6) is 0 Å². The van der Waals surface area contributed by atoms with Gasteiger partial charge in [0.1, 0.15) is 0 Å². The largest absolute Gasteiger partial charge is 0.416 e. The van der Waals surface area contributed by atoms with Gasteiger partial charge in [-0.15, -0.1) is 0 Å². The molecule has 1 aromatic rings. The zero-order valence-electron chi connectivity index (χ0n) is 12.2. The second-order valence-electron chi connectivity index (χ2n) is 5.99. The molecule has 3 rings (SSSR count). The Bertz CT molecular complexity index is 565. The SMILES string of the molecule is O=C([C@H]1CCCCN1)N1CCc2cc(C(F)(F)F)ccc2C1. The number of hydrogen-bond acceptors (Lipinski definition) is 2. The van der Waals surface area contributed by atoms with Crippen LogP contribution in [-0.4, -0.2) is 29.9 Å². The van der Waals surface area contributed by atoms with E-state index in [1.54, 1.807) is 4.90 Å². The van der Waals surface area contributed by atoms with Gasteiger partial charge in [0.15, 0.2) is 0 Å².